The maximum atomic E-state index is 11.8. The maximum absolute atomic E-state index is 11.8. The Morgan fingerprint density at radius 3 is 2.69 bits per heavy atom. The van der Waals surface area contributed by atoms with Crippen molar-refractivity contribution in [2.45, 2.75) is 51.7 Å². The number of nitrogens with one attached hydrogen (secondary N) is 1. The van der Waals surface area contributed by atoms with Crippen molar-refractivity contribution in [2.24, 2.45) is 4.99 Å². The highest BCUT2D eigenvalue weighted by atomic mass is 28.4. The number of rotatable bonds is 4. The molecule has 0 radical (unpaired) electrons. The van der Waals surface area contributed by atoms with E-state index in [1.54, 1.807) is 0 Å². The van der Waals surface area contributed by atoms with Crippen molar-refractivity contribution in [3.8, 4) is 0 Å². The van der Waals surface area contributed by atoms with E-state index in [-0.39, 0.29) is 10.9 Å². The lowest BCUT2D eigenvalue weighted by Crippen LogP contribution is -2.41. The molecular weight excluding hydrogens is 340 g/mol. The third-order valence-corrected chi connectivity index (χ3v) is 9.99. The van der Waals surface area contributed by atoms with Gasteiger partial charge in [-0.1, -0.05) is 45.0 Å². The highest BCUT2D eigenvalue weighted by Gasteiger charge is 2.37. The van der Waals surface area contributed by atoms with Crippen molar-refractivity contribution in [2.75, 3.05) is 6.61 Å². The number of hydrogen-bond donors (Lipinski definition) is 1. The summed E-state index contributed by atoms with van der Waals surface area (Å²) in [4.78, 5) is 16.7. The molecule has 26 heavy (non-hydrogen) atoms. The Labute approximate surface area is 157 Å². The van der Waals surface area contributed by atoms with Crippen LogP contribution in [-0.4, -0.2) is 26.5 Å². The molecule has 0 aromatic heterocycles. The Balaban J connectivity index is 1.85. The minimum absolute atomic E-state index is 0.0243. The van der Waals surface area contributed by atoms with Crippen LogP contribution < -0.4 is 5.32 Å². The van der Waals surface area contributed by atoms with Crippen LogP contribution >= 0.6 is 0 Å². The van der Waals surface area contributed by atoms with Gasteiger partial charge in [-0.25, -0.2) is 0 Å². The van der Waals surface area contributed by atoms with Crippen LogP contribution in [0.3, 0.4) is 0 Å². The van der Waals surface area contributed by atoms with E-state index in [0.717, 1.165) is 34.7 Å². The normalized spacial score (nSPS) is 17.3. The molecule has 1 aromatic rings. The highest BCUT2D eigenvalue weighted by molar-refractivity contribution is 6.74. The zero-order valence-corrected chi connectivity index (χ0v) is 17.3. The van der Waals surface area contributed by atoms with Crippen molar-refractivity contribution >= 4 is 31.2 Å². The van der Waals surface area contributed by atoms with Gasteiger partial charge in [0.2, 0.25) is 5.91 Å². The number of hydrogen-bond acceptors (Lipinski definition) is 3. The minimum Gasteiger partial charge on any atom is -0.416 e. The van der Waals surface area contributed by atoms with E-state index in [2.05, 4.69) is 45.2 Å². The van der Waals surface area contributed by atoms with Crippen molar-refractivity contribution < 1.29 is 9.22 Å². The molecule has 0 saturated heterocycles. The number of carbonyl (C=O) groups excluding carboxylic acids is 1. The summed E-state index contributed by atoms with van der Waals surface area (Å²) in [7, 11) is -1.78. The molecule has 2 aliphatic rings. The number of fused-ring (bicyclic) bond motifs is 3. The SMILES string of the molecule is CC(C)(C)[Si](C)(C)OCCC1=Nc2ccccc2C2=CCC(=O)NC2=C1. The van der Waals surface area contributed by atoms with Crippen LogP contribution in [0.5, 0.6) is 0 Å². The fourth-order valence-electron chi connectivity index (χ4n) is 2.85. The predicted molar refractivity (Wildman–Crippen MR) is 110 cm³/mol. The number of benzene rings is 1. The van der Waals surface area contributed by atoms with E-state index < -0.39 is 8.32 Å². The number of aliphatic imine (C=N–C) groups is 1. The van der Waals surface area contributed by atoms with E-state index in [0.29, 0.717) is 13.0 Å². The lowest BCUT2D eigenvalue weighted by atomic mass is 9.97. The first-order chi connectivity index (χ1) is 12.2. The Morgan fingerprint density at radius 2 is 1.96 bits per heavy atom. The van der Waals surface area contributed by atoms with Crippen LogP contribution in [-0.2, 0) is 9.22 Å². The molecule has 2 heterocycles. The van der Waals surface area contributed by atoms with Crippen LogP contribution in [0.4, 0.5) is 5.69 Å². The van der Waals surface area contributed by atoms with Crippen molar-refractivity contribution in [3.05, 3.63) is 47.7 Å². The van der Waals surface area contributed by atoms with Crippen LogP contribution in [0.25, 0.3) is 5.57 Å². The summed E-state index contributed by atoms with van der Waals surface area (Å²) in [5.41, 5.74) is 4.86. The Bertz CT molecular complexity index is 814. The predicted octanol–water partition coefficient (Wildman–Crippen LogP) is 4.97. The first-order valence-corrected chi connectivity index (χ1v) is 12.1. The number of nitrogens with zero attached hydrogens (tertiary/aromatic N) is 1. The van der Waals surface area contributed by atoms with Gasteiger partial charge in [0.25, 0.3) is 0 Å². The first-order valence-electron chi connectivity index (χ1n) is 9.20. The molecule has 138 valence electrons. The van der Waals surface area contributed by atoms with Gasteiger partial charge in [-0.2, -0.15) is 0 Å². The number of amides is 1. The summed E-state index contributed by atoms with van der Waals surface area (Å²) < 4.78 is 6.31. The molecule has 3 rings (SSSR count). The molecule has 0 aliphatic carbocycles. The summed E-state index contributed by atoms with van der Waals surface area (Å²) in [6.07, 6.45) is 5.13. The molecule has 5 heteroatoms. The second kappa shape index (κ2) is 6.97. The molecule has 1 amide bonds. The largest absolute Gasteiger partial charge is 0.416 e. The van der Waals surface area contributed by atoms with Crippen molar-refractivity contribution in [3.63, 3.8) is 0 Å². The molecule has 0 fully saturated rings. The van der Waals surface area contributed by atoms with E-state index in [1.165, 1.54) is 0 Å². The monoisotopic (exact) mass is 368 g/mol. The molecule has 0 spiro atoms. The molecule has 0 bridgehead atoms. The van der Waals surface area contributed by atoms with E-state index in [4.69, 9.17) is 9.42 Å². The van der Waals surface area contributed by atoms with Crippen LogP contribution in [0.2, 0.25) is 18.1 Å². The molecule has 0 atom stereocenters. The van der Waals surface area contributed by atoms with Gasteiger partial charge in [0, 0.05) is 36.3 Å². The second-order valence-electron chi connectivity index (χ2n) is 8.41. The van der Waals surface area contributed by atoms with Gasteiger partial charge in [-0.3, -0.25) is 9.79 Å². The average Bonchev–Trinajstić information content (AvgIpc) is 2.69. The molecular formula is C21H28N2O2Si. The van der Waals surface area contributed by atoms with Gasteiger partial charge in [0.05, 0.1) is 11.4 Å². The summed E-state index contributed by atoms with van der Waals surface area (Å²) in [5, 5.41) is 3.19. The smallest absolute Gasteiger partial charge is 0.228 e. The topological polar surface area (TPSA) is 50.7 Å². The zero-order chi connectivity index (χ0) is 18.9. The Hall–Kier alpha value is -1.98. The number of para-hydroxylation sites is 1. The second-order valence-corrected chi connectivity index (χ2v) is 13.2. The summed E-state index contributed by atoms with van der Waals surface area (Å²) in [6.45, 7) is 11.9. The quantitative estimate of drug-likeness (QED) is 0.763. The lowest BCUT2D eigenvalue weighted by Gasteiger charge is -2.36. The Kier molecular flexibility index (Phi) is 5.04. The maximum Gasteiger partial charge on any atom is 0.228 e. The van der Waals surface area contributed by atoms with Crippen LogP contribution in [0.15, 0.2) is 47.1 Å². The zero-order valence-electron chi connectivity index (χ0n) is 16.3. The summed E-state index contributed by atoms with van der Waals surface area (Å²) >= 11 is 0. The van der Waals surface area contributed by atoms with Gasteiger partial charge in [-0.05, 0) is 30.3 Å². The van der Waals surface area contributed by atoms with Crippen LogP contribution in [0.1, 0.15) is 39.2 Å². The van der Waals surface area contributed by atoms with Gasteiger partial charge in [-0.15, -0.1) is 0 Å². The third kappa shape index (κ3) is 3.89. The minimum atomic E-state index is -1.78. The molecule has 4 nitrogen and oxygen atoms in total. The lowest BCUT2D eigenvalue weighted by molar-refractivity contribution is -0.119. The van der Waals surface area contributed by atoms with Gasteiger partial charge < -0.3 is 9.74 Å². The van der Waals surface area contributed by atoms with Gasteiger partial charge in [0.1, 0.15) is 0 Å². The number of carbonyl (C=O) groups is 1. The average molecular weight is 369 g/mol. The van der Waals surface area contributed by atoms with E-state index in [9.17, 15) is 4.79 Å². The fourth-order valence-corrected chi connectivity index (χ4v) is 3.90. The third-order valence-electron chi connectivity index (χ3n) is 5.45. The fraction of sp³-hybridized carbons (Fsp3) is 0.429. The molecule has 1 N–H and O–H groups in total. The van der Waals surface area contributed by atoms with Gasteiger partial charge >= 0.3 is 0 Å². The van der Waals surface area contributed by atoms with Gasteiger partial charge in [0.15, 0.2) is 8.32 Å². The van der Waals surface area contributed by atoms with E-state index >= 15 is 0 Å². The molecule has 0 unspecified atom stereocenters. The highest BCUT2D eigenvalue weighted by Crippen LogP contribution is 2.37. The summed E-state index contributed by atoms with van der Waals surface area (Å²) in [6, 6.07) is 8.09. The van der Waals surface area contributed by atoms with E-state index in [1.807, 2.05) is 30.4 Å². The molecule has 0 saturated carbocycles. The summed E-state index contributed by atoms with van der Waals surface area (Å²) in [5.74, 6) is 0.0243. The first kappa shape index (κ1) is 18.8. The van der Waals surface area contributed by atoms with Crippen molar-refractivity contribution in [1.29, 1.82) is 0 Å². The number of allylic oxidation sites excluding steroid dienone is 2. The Morgan fingerprint density at radius 1 is 1.23 bits per heavy atom. The molecule has 1 aromatic carbocycles. The van der Waals surface area contributed by atoms with Crippen LogP contribution in [0, 0.1) is 0 Å². The standard InChI is InChI=1S/C21H28N2O2Si/c1-21(2,3)26(4,5)25-13-12-15-14-19-17(10-11-20(24)23-19)16-8-6-7-9-18(16)22-15/h6-10,14H,11-13H2,1-5H3,(H,23,24). The molecule has 2 aliphatic heterocycles. The van der Waals surface area contributed by atoms with Crippen molar-refractivity contribution in [1.82, 2.24) is 5.32 Å².